The van der Waals surface area contributed by atoms with E-state index in [0.717, 1.165) is 6.07 Å². The van der Waals surface area contributed by atoms with Crippen molar-refractivity contribution in [2.24, 2.45) is 0 Å². The predicted octanol–water partition coefficient (Wildman–Crippen LogP) is 4.31. The minimum atomic E-state index is -5.12. The highest BCUT2D eigenvalue weighted by Crippen LogP contribution is 2.34. The first-order valence-electron chi connectivity index (χ1n) is 4.03. The molecule has 17 heavy (non-hydrogen) atoms. The Hall–Kier alpha value is -0.820. The van der Waals surface area contributed by atoms with Gasteiger partial charge in [-0.3, -0.25) is 0 Å². The second-order valence-corrected chi connectivity index (χ2v) is 3.44. The number of pyridine rings is 1. The van der Waals surface area contributed by atoms with E-state index >= 15 is 0 Å². The first-order valence-corrected chi connectivity index (χ1v) is 4.95. The summed E-state index contributed by atoms with van der Waals surface area (Å²) in [6.07, 6.45) is -8.30. The van der Waals surface area contributed by atoms with Crippen LogP contribution in [0.15, 0.2) is 6.07 Å². The van der Waals surface area contributed by atoms with E-state index in [0.29, 0.717) is 0 Å². The minimum Gasteiger partial charge on any atom is -0.387 e. The van der Waals surface area contributed by atoms with Crippen molar-refractivity contribution < 1.29 is 26.7 Å². The standard InChI is InChI=1S/C8H4Cl2F5NO/c9-2-3-1-4(6(11)12)7(16-5(3)10)17-8(13,14)15/h1,6H,2H2. The maximum Gasteiger partial charge on any atom is 0.574 e. The molecule has 0 aliphatic carbocycles. The maximum absolute atomic E-state index is 12.5. The molecule has 0 atom stereocenters. The fraction of sp³-hybridized carbons (Fsp3) is 0.375. The van der Waals surface area contributed by atoms with Gasteiger partial charge in [-0.1, -0.05) is 11.6 Å². The van der Waals surface area contributed by atoms with Gasteiger partial charge in [0.25, 0.3) is 6.43 Å². The zero-order valence-electron chi connectivity index (χ0n) is 7.86. The second kappa shape index (κ2) is 5.22. The van der Waals surface area contributed by atoms with Gasteiger partial charge in [0.05, 0.1) is 11.4 Å². The maximum atomic E-state index is 12.5. The lowest BCUT2D eigenvalue weighted by Crippen LogP contribution is -2.19. The van der Waals surface area contributed by atoms with E-state index < -0.39 is 29.4 Å². The first-order chi connectivity index (χ1) is 7.74. The quantitative estimate of drug-likeness (QED) is 0.471. The Morgan fingerprint density at radius 1 is 1.35 bits per heavy atom. The molecule has 0 N–H and O–H groups in total. The molecule has 0 unspecified atom stereocenters. The average molecular weight is 296 g/mol. The highest BCUT2D eigenvalue weighted by molar-refractivity contribution is 6.31. The van der Waals surface area contributed by atoms with Crippen LogP contribution in [-0.2, 0) is 5.88 Å². The van der Waals surface area contributed by atoms with E-state index in [1.807, 2.05) is 0 Å². The smallest absolute Gasteiger partial charge is 0.387 e. The molecule has 1 aromatic heterocycles. The number of rotatable bonds is 3. The zero-order valence-corrected chi connectivity index (χ0v) is 9.37. The van der Waals surface area contributed by atoms with Crippen LogP contribution in [0.5, 0.6) is 5.88 Å². The number of aromatic nitrogens is 1. The SMILES string of the molecule is FC(F)c1cc(CCl)c(Cl)nc1OC(F)(F)F. The van der Waals surface area contributed by atoms with Gasteiger partial charge in [-0.15, -0.1) is 24.8 Å². The lowest BCUT2D eigenvalue weighted by Gasteiger charge is -2.13. The lowest BCUT2D eigenvalue weighted by atomic mass is 10.2. The number of hydrogen-bond donors (Lipinski definition) is 0. The summed E-state index contributed by atoms with van der Waals surface area (Å²) in [7, 11) is 0. The molecule has 0 aliphatic rings. The largest absolute Gasteiger partial charge is 0.574 e. The normalized spacial score (nSPS) is 12.0. The summed E-state index contributed by atoms with van der Waals surface area (Å²) in [5.74, 6) is -1.52. The van der Waals surface area contributed by atoms with Gasteiger partial charge in [0, 0.05) is 5.56 Å². The minimum absolute atomic E-state index is 0.00171. The van der Waals surface area contributed by atoms with Crippen LogP contribution in [0.2, 0.25) is 5.15 Å². The Balaban J connectivity index is 3.23. The number of alkyl halides is 6. The van der Waals surface area contributed by atoms with Crippen LogP contribution in [-0.4, -0.2) is 11.3 Å². The summed E-state index contributed by atoms with van der Waals surface area (Å²) >= 11 is 10.8. The molecule has 1 heterocycles. The van der Waals surface area contributed by atoms with Gasteiger partial charge in [0.2, 0.25) is 5.88 Å². The van der Waals surface area contributed by atoms with E-state index in [1.54, 1.807) is 0 Å². The predicted molar refractivity (Wildman–Crippen MR) is 50.4 cm³/mol. The van der Waals surface area contributed by atoms with Crippen molar-refractivity contribution in [2.75, 3.05) is 0 Å². The fourth-order valence-corrected chi connectivity index (χ4v) is 1.45. The molecule has 0 fully saturated rings. The van der Waals surface area contributed by atoms with Crippen molar-refractivity contribution in [3.63, 3.8) is 0 Å². The van der Waals surface area contributed by atoms with Crippen LogP contribution in [0.25, 0.3) is 0 Å². The molecule has 2 nitrogen and oxygen atoms in total. The molecular weight excluding hydrogens is 292 g/mol. The van der Waals surface area contributed by atoms with Crippen LogP contribution in [0, 0.1) is 0 Å². The molecule has 0 amide bonds. The Morgan fingerprint density at radius 3 is 2.35 bits per heavy atom. The van der Waals surface area contributed by atoms with Crippen LogP contribution in [0.4, 0.5) is 22.0 Å². The van der Waals surface area contributed by atoms with Crippen molar-refractivity contribution in [2.45, 2.75) is 18.7 Å². The number of ether oxygens (including phenoxy) is 1. The Morgan fingerprint density at radius 2 is 1.94 bits per heavy atom. The molecule has 0 saturated heterocycles. The van der Waals surface area contributed by atoms with Gasteiger partial charge in [0.1, 0.15) is 5.15 Å². The van der Waals surface area contributed by atoms with Crippen LogP contribution in [0.1, 0.15) is 17.6 Å². The molecule has 0 aromatic carbocycles. The highest BCUT2D eigenvalue weighted by Gasteiger charge is 2.34. The van der Waals surface area contributed by atoms with E-state index in [9.17, 15) is 22.0 Å². The third-order valence-corrected chi connectivity index (χ3v) is 2.25. The van der Waals surface area contributed by atoms with Crippen molar-refractivity contribution in [3.05, 3.63) is 22.3 Å². The van der Waals surface area contributed by atoms with Gasteiger partial charge in [-0.2, -0.15) is 0 Å². The van der Waals surface area contributed by atoms with Gasteiger partial charge >= 0.3 is 6.36 Å². The second-order valence-electron chi connectivity index (χ2n) is 2.81. The Labute approximate surface area is 102 Å². The van der Waals surface area contributed by atoms with Gasteiger partial charge < -0.3 is 4.74 Å². The Kier molecular flexibility index (Phi) is 4.37. The van der Waals surface area contributed by atoms with Crippen molar-refractivity contribution in [1.29, 1.82) is 0 Å². The molecule has 0 radical (unpaired) electrons. The summed E-state index contributed by atoms with van der Waals surface area (Å²) in [6.45, 7) is 0. The monoisotopic (exact) mass is 295 g/mol. The molecule has 1 aromatic rings. The molecule has 0 spiro atoms. The molecular formula is C8H4Cl2F5NO. The van der Waals surface area contributed by atoms with Crippen molar-refractivity contribution >= 4 is 23.2 Å². The Bertz CT molecular complexity index is 410. The number of hydrogen-bond acceptors (Lipinski definition) is 2. The molecule has 96 valence electrons. The zero-order chi connectivity index (χ0) is 13.2. The van der Waals surface area contributed by atoms with Crippen molar-refractivity contribution in [3.8, 4) is 5.88 Å². The molecule has 0 aliphatic heterocycles. The summed E-state index contributed by atoms with van der Waals surface area (Å²) in [6, 6.07) is 0.730. The molecule has 0 saturated carbocycles. The number of halogens is 7. The van der Waals surface area contributed by atoms with E-state index in [1.165, 1.54) is 0 Å². The summed E-state index contributed by atoms with van der Waals surface area (Å²) in [5.41, 5.74) is -1.01. The fourth-order valence-electron chi connectivity index (χ4n) is 0.976. The van der Waals surface area contributed by atoms with Crippen molar-refractivity contribution in [1.82, 2.24) is 4.98 Å². The van der Waals surface area contributed by atoms with Gasteiger partial charge in [-0.05, 0) is 6.07 Å². The van der Waals surface area contributed by atoms with E-state index in [-0.39, 0.29) is 11.4 Å². The van der Waals surface area contributed by atoms with Crippen LogP contribution < -0.4 is 4.74 Å². The average Bonchev–Trinajstić information content (AvgIpc) is 2.14. The van der Waals surface area contributed by atoms with Crippen LogP contribution >= 0.6 is 23.2 Å². The third kappa shape index (κ3) is 3.85. The first kappa shape index (κ1) is 14.2. The topological polar surface area (TPSA) is 22.1 Å². The summed E-state index contributed by atoms with van der Waals surface area (Å²) < 4.78 is 64.1. The van der Waals surface area contributed by atoms with E-state index in [4.69, 9.17) is 23.2 Å². The lowest BCUT2D eigenvalue weighted by molar-refractivity contribution is -0.276. The highest BCUT2D eigenvalue weighted by atomic mass is 35.5. The molecule has 0 bridgehead atoms. The van der Waals surface area contributed by atoms with Gasteiger partial charge in [0.15, 0.2) is 0 Å². The third-order valence-electron chi connectivity index (χ3n) is 1.63. The molecule has 9 heteroatoms. The molecule has 1 rings (SSSR count). The summed E-state index contributed by atoms with van der Waals surface area (Å²) in [4.78, 5) is 3.11. The number of nitrogens with zero attached hydrogens (tertiary/aromatic N) is 1. The van der Waals surface area contributed by atoms with Crippen LogP contribution in [0.3, 0.4) is 0 Å². The van der Waals surface area contributed by atoms with Gasteiger partial charge in [-0.25, -0.2) is 13.8 Å². The van der Waals surface area contributed by atoms with E-state index in [2.05, 4.69) is 9.72 Å². The summed E-state index contributed by atoms with van der Waals surface area (Å²) in [5, 5.41) is -0.413.